The first-order valence-corrected chi connectivity index (χ1v) is 8.55. The average Bonchev–Trinajstić information content (AvgIpc) is 3.18. The summed E-state index contributed by atoms with van der Waals surface area (Å²) in [5.41, 5.74) is 1.58. The molecule has 3 aromatic rings. The number of ether oxygens (including phenoxy) is 2. The van der Waals surface area contributed by atoms with E-state index in [1.165, 1.54) is 6.08 Å². The first-order chi connectivity index (χ1) is 13.0. The van der Waals surface area contributed by atoms with E-state index in [9.17, 15) is 4.79 Å². The fourth-order valence-corrected chi connectivity index (χ4v) is 2.38. The Hall–Kier alpha value is -3.12. The summed E-state index contributed by atoms with van der Waals surface area (Å²) < 4.78 is 16.0. The molecule has 0 bridgehead atoms. The van der Waals surface area contributed by atoms with Gasteiger partial charge in [-0.3, -0.25) is 0 Å². The number of rotatable bonds is 6. The lowest BCUT2D eigenvalue weighted by Crippen LogP contribution is -2.06. The third-order valence-corrected chi connectivity index (χ3v) is 3.95. The normalized spacial score (nSPS) is 12.1. The minimum absolute atomic E-state index is 0.217. The molecule has 0 saturated carbocycles. The number of hydrogen-bond donors (Lipinski definition) is 0. The lowest BCUT2D eigenvalue weighted by molar-refractivity contribution is -0.143. The van der Waals surface area contributed by atoms with Gasteiger partial charge in [0.15, 0.2) is 6.10 Å². The van der Waals surface area contributed by atoms with E-state index in [0.29, 0.717) is 10.9 Å². The number of halogens is 1. The summed E-state index contributed by atoms with van der Waals surface area (Å²) >= 11 is 5.83. The molecule has 0 aliphatic heterocycles. The highest BCUT2D eigenvalue weighted by Crippen LogP contribution is 2.24. The van der Waals surface area contributed by atoms with Gasteiger partial charge in [-0.25, -0.2) is 4.79 Å². The van der Waals surface area contributed by atoms with Crippen LogP contribution < -0.4 is 4.74 Å². The first kappa shape index (κ1) is 18.7. The molecule has 0 fully saturated rings. The van der Waals surface area contributed by atoms with E-state index < -0.39 is 12.1 Å². The molecule has 0 spiro atoms. The van der Waals surface area contributed by atoms with Gasteiger partial charge < -0.3 is 13.9 Å². The maximum Gasteiger partial charge on any atom is 0.331 e. The van der Waals surface area contributed by atoms with Crippen LogP contribution in [0.15, 0.2) is 59.0 Å². The second kappa shape index (κ2) is 8.51. The van der Waals surface area contributed by atoms with Crippen LogP contribution in [-0.2, 0) is 9.53 Å². The molecule has 0 saturated heterocycles. The summed E-state index contributed by atoms with van der Waals surface area (Å²) in [6.07, 6.45) is 2.30. The number of nitrogens with zero attached hydrogens (tertiary/aromatic N) is 2. The predicted molar refractivity (Wildman–Crippen MR) is 101 cm³/mol. The van der Waals surface area contributed by atoms with E-state index in [-0.39, 0.29) is 5.89 Å². The Morgan fingerprint density at radius 1 is 1.11 bits per heavy atom. The van der Waals surface area contributed by atoms with Crippen LogP contribution in [0.25, 0.3) is 17.5 Å². The standard InChI is InChI=1S/C20H17ClN2O4/c1-13(26-18(24)12-5-14-3-8-16(21)9-4-14)19-22-23-20(27-19)15-6-10-17(25-2)11-7-15/h3-13H,1-2H3/b12-5+/t13-/m0/s1. The smallest absolute Gasteiger partial charge is 0.331 e. The molecule has 0 N–H and O–H groups in total. The van der Waals surface area contributed by atoms with Crippen LogP contribution >= 0.6 is 11.6 Å². The monoisotopic (exact) mass is 384 g/mol. The summed E-state index contributed by atoms with van der Waals surface area (Å²) in [6.45, 7) is 1.67. The van der Waals surface area contributed by atoms with Crippen molar-refractivity contribution in [1.82, 2.24) is 10.2 Å². The number of esters is 1. The van der Waals surface area contributed by atoms with Crippen molar-refractivity contribution in [2.75, 3.05) is 7.11 Å². The highest BCUT2D eigenvalue weighted by Gasteiger charge is 2.18. The Labute approximate surface area is 161 Å². The van der Waals surface area contributed by atoms with Gasteiger partial charge in [0.05, 0.1) is 7.11 Å². The summed E-state index contributed by atoms with van der Waals surface area (Å²) in [5, 5.41) is 8.58. The van der Waals surface area contributed by atoms with Crippen LogP contribution in [0.1, 0.15) is 24.5 Å². The lowest BCUT2D eigenvalue weighted by atomic mass is 10.2. The lowest BCUT2D eigenvalue weighted by Gasteiger charge is -2.06. The van der Waals surface area contributed by atoms with E-state index in [4.69, 9.17) is 25.5 Å². The highest BCUT2D eigenvalue weighted by atomic mass is 35.5. The molecule has 1 aromatic heterocycles. The fourth-order valence-electron chi connectivity index (χ4n) is 2.25. The van der Waals surface area contributed by atoms with Crippen LogP contribution in [-0.4, -0.2) is 23.3 Å². The van der Waals surface area contributed by atoms with Gasteiger partial charge in [-0.15, -0.1) is 10.2 Å². The van der Waals surface area contributed by atoms with Crippen LogP contribution in [0.4, 0.5) is 0 Å². The van der Waals surface area contributed by atoms with Gasteiger partial charge >= 0.3 is 5.97 Å². The molecule has 0 aliphatic carbocycles. The Kier molecular flexibility index (Phi) is 5.88. The van der Waals surface area contributed by atoms with Crippen molar-refractivity contribution in [2.45, 2.75) is 13.0 Å². The van der Waals surface area contributed by atoms with Gasteiger partial charge in [-0.1, -0.05) is 23.7 Å². The minimum atomic E-state index is -0.674. The summed E-state index contributed by atoms with van der Waals surface area (Å²) in [7, 11) is 1.59. The second-order valence-electron chi connectivity index (χ2n) is 5.64. The molecular formula is C20H17ClN2O4. The zero-order valence-electron chi connectivity index (χ0n) is 14.8. The molecule has 2 aromatic carbocycles. The molecule has 138 valence electrons. The van der Waals surface area contributed by atoms with E-state index in [1.807, 2.05) is 12.1 Å². The average molecular weight is 385 g/mol. The molecule has 1 heterocycles. The number of hydrogen-bond acceptors (Lipinski definition) is 6. The van der Waals surface area contributed by atoms with Crippen LogP contribution in [0.3, 0.4) is 0 Å². The van der Waals surface area contributed by atoms with Crippen LogP contribution in [0.5, 0.6) is 5.75 Å². The van der Waals surface area contributed by atoms with Gasteiger partial charge in [-0.05, 0) is 55.0 Å². The second-order valence-corrected chi connectivity index (χ2v) is 6.07. The molecule has 6 nitrogen and oxygen atoms in total. The zero-order valence-corrected chi connectivity index (χ0v) is 15.5. The molecule has 0 aliphatic rings. The molecule has 0 amide bonds. The van der Waals surface area contributed by atoms with Crippen molar-refractivity contribution in [2.24, 2.45) is 0 Å². The number of methoxy groups -OCH3 is 1. The van der Waals surface area contributed by atoms with Gasteiger partial charge in [0.1, 0.15) is 5.75 Å². The van der Waals surface area contributed by atoms with Crippen molar-refractivity contribution in [3.63, 3.8) is 0 Å². The fraction of sp³-hybridized carbons (Fsp3) is 0.150. The Bertz CT molecular complexity index is 933. The summed E-state index contributed by atoms with van der Waals surface area (Å²) in [5.74, 6) is 0.774. The molecule has 0 radical (unpaired) electrons. The molecule has 7 heteroatoms. The summed E-state index contributed by atoms with van der Waals surface area (Å²) in [6, 6.07) is 14.3. The van der Waals surface area contributed by atoms with E-state index in [1.54, 1.807) is 56.5 Å². The number of carbonyl (C=O) groups excluding carboxylic acids is 1. The van der Waals surface area contributed by atoms with E-state index >= 15 is 0 Å². The molecule has 27 heavy (non-hydrogen) atoms. The largest absolute Gasteiger partial charge is 0.497 e. The zero-order chi connectivity index (χ0) is 19.2. The molecule has 0 unspecified atom stereocenters. The van der Waals surface area contributed by atoms with Crippen molar-refractivity contribution >= 4 is 23.6 Å². The molecular weight excluding hydrogens is 368 g/mol. The van der Waals surface area contributed by atoms with Gasteiger partial charge in [-0.2, -0.15) is 0 Å². The van der Waals surface area contributed by atoms with Crippen molar-refractivity contribution < 1.29 is 18.7 Å². The van der Waals surface area contributed by atoms with Crippen molar-refractivity contribution in [3.05, 3.63) is 71.1 Å². The summed E-state index contributed by atoms with van der Waals surface area (Å²) in [4.78, 5) is 12.0. The minimum Gasteiger partial charge on any atom is -0.497 e. The van der Waals surface area contributed by atoms with Crippen molar-refractivity contribution in [3.8, 4) is 17.2 Å². The number of carbonyl (C=O) groups is 1. The van der Waals surface area contributed by atoms with E-state index in [2.05, 4.69) is 10.2 Å². The third-order valence-electron chi connectivity index (χ3n) is 3.70. The Morgan fingerprint density at radius 2 is 1.81 bits per heavy atom. The Balaban J connectivity index is 1.62. The topological polar surface area (TPSA) is 74.5 Å². The molecule has 3 rings (SSSR count). The Morgan fingerprint density at radius 3 is 2.48 bits per heavy atom. The van der Waals surface area contributed by atoms with E-state index in [0.717, 1.165) is 16.9 Å². The van der Waals surface area contributed by atoms with Crippen LogP contribution in [0, 0.1) is 0 Å². The predicted octanol–water partition coefficient (Wildman–Crippen LogP) is 4.72. The quantitative estimate of drug-likeness (QED) is 0.452. The van der Waals surface area contributed by atoms with Gasteiger partial charge in [0.25, 0.3) is 5.89 Å². The molecule has 1 atom stereocenters. The number of benzene rings is 2. The highest BCUT2D eigenvalue weighted by molar-refractivity contribution is 6.30. The third kappa shape index (κ3) is 4.95. The maximum atomic E-state index is 12.0. The first-order valence-electron chi connectivity index (χ1n) is 8.17. The maximum absolute atomic E-state index is 12.0. The van der Waals surface area contributed by atoms with Crippen LogP contribution in [0.2, 0.25) is 5.02 Å². The van der Waals surface area contributed by atoms with Gasteiger partial charge in [0.2, 0.25) is 5.89 Å². The SMILES string of the molecule is COc1ccc(-c2nnc([C@H](C)OC(=O)/C=C/c3ccc(Cl)cc3)o2)cc1. The van der Waals surface area contributed by atoms with Crippen molar-refractivity contribution in [1.29, 1.82) is 0 Å². The van der Waals surface area contributed by atoms with Gasteiger partial charge in [0, 0.05) is 16.7 Å². The number of aromatic nitrogens is 2.